The normalized spacial score (nSPS) is 22.5. The highest BCUT2D eigenvalue weighted by molar-refractivity contribution is 6.35. The second-order valence-corrected chi connectivity index (χ2v) is 7.52. The molecule has 4 nitrogen and oxygen atoms in total. The molecule has 1 heterocycles. The van der Waals surface area contributed by atoms with E-state index < -0.39 is 0 Å². The fourth-order valence-electron chi connectivity index (χ4n) is 3.76. The number of rotatable bonds is 3. The van der Waals surface area contributed by atoms with Gasteiger partial charge in [-0.25, -0.2) is 0 Å². The standard InChI is InChI=1S/C20H17Cl2NO3/c21-12-5-10-18(17(22)11-12)26-14-8-6-13(7-9-14)23-19(24)15-3-1-2-4-16(15)20(23)25/h5-11,15-16H,1-4H2. The summed E-state index contributed by atoms with van der Waals surface area (Å²) in [5, 5.41) is 0.945. The van der Waals surface area contributed by atoms with E-state index in [-0.39, 0.29) is 23.7 Å². The van der Waals surface area contributed by atoms with Gasteiger partial charge in [0.2, 0.25) is 11.8 Å². The van der Waals surface area contributed by atoms with Gasteiger partial charge in [-0.1, -0.05) is 36.0 Å². The van der Waals surface area contributed by atoms with Crippen molar-refractivity contribution in [2.24, 2.45) is 11.8 Å². The van der Waals surface area contributed by atoms with Crippen LogP contribution in [-0.4, -0.2) is 11.8 Å². The zero-order valence-corrected chi connectivity index (χ0v) is 15.5. The van der Waals surface area contributed by atoms with Crippen LogP contribution in [0.2, 0.25) is 10.0 Å². The van der Waals surface area contributed by atoms with Crippen LogP contribution in [0.5, 0.6) is 11.5 Å². The third kappa shape index (κ3) is 3.08. The summed E-state index contributed by atoms with van der Waals surface area (Å²) in [6, 6.07) is 11.9. The Hall–Kier alpha value is -2.04. The van der Waals surface area contributed by atoms with Crippen LogP contribution in [0.15, 0.2) is 42.5 Å². The molecule has 26 heavy (non-hydrogen) atoms. The number of fused-ring (bicyclic) bond motifs is 1. The minimum Gasteiger partial charge on any atom is -0.456 e. The number of hydrogen-bond acceptors (Lipinski definition) is 3. The molecule has 0 N–H and O–H groups in total. The predicted octanol–water partition coefficient (Wildman–Crippen LogP) is 5.47. The monoisotopic (exact) mass is 389 g/mol. The first-order valence-corrected chi connectivity index (χ1v) is 9.41. The quantitative estimate of drug-likeness (QED) is 0.654. The maximum atomic E-state index is 12.6. The molecule has 2 aromatic carbocycles. The fraction of sp³-hybridized carbons (Fsp3) is 0.300. The molecule has 0 bridgehead atoms. The van der Waals surface area contributed by atoms with Crippen molar-refractivity contribution < 1.29 is 14.3 Å². The molecule has 2 aliphatic rings. The van der Waals surface area contributed by atoms with Gasteiger partial charge in [-0.2, -0.15) is 0 Å². The third-order valence-corrected chi connectivity index (χ3v) is 5.59. The largest absolute Gasteiger partial charge is 0.456 e. The van der Waals surface area contributed by atoms with Gasteiger partial charge in [0.1, 0.15) is 11.5 Å². The van der Waals surface area contributed by atoms with Crippen LogP contribution in [0.1, 0.15) is 25.7 Å². The van der Waals surface area contributed by atoms with E-state index in [1.165, 1.54) is 4.90 Å². The van der Waals surface area contributed by atoms with E-state index in [9.17, 15) is 9.59 Å². The van der Waals surface area contributed by atoms with Gasteiger partial charge >= 0.3 is 0 Å². The Morgan fingerprint density at radius 3 is 2.08 bits per heavy atom. The van der Waals surface area contributed by atoms with Crippen molar-refractivity contribution in [3.05, 3.63) is 52.5 Å². The minimum absolute atomic E-state index is 0.0749. The van der Waals surface area contributed by atoms with Gasteiger partial charge in [-0.15, -0.1) is 0 Å². The summed E-state index contributed by atoms with van der Waals surface area (Å²) < 4.78 is 5.75. The second kappa shape index (κ2) is 6.93. The number of carbonyl (C=O) groups is 2. The van der Waals surface area contributed by atoms with Crippen molar-refractivity contribution in [1.82, 2.24) is 0 Å². The molecule has 6 heteroatoms. The highest BCUT2D eigenvalue weighted by Crippen LogP contribution is 2.40. The van der Waals surface area contributed by atoms with E-state index >= 15 is 0 Å². The van der Waals surface area contributed by atoms with Crippen molar-refractivity contribution in [1.29, 1.82) is 0 Å². The summed E-state index contributed by atoms with van der Waals surface area (Å²) in [7, 11) is 0. The first-order valence-electron chi connectivity index (χ1n) is 8.65. The van der Waals surface area contributed by atoms with Crippen LogP contribution in [0.25, 0.3) is 0 Å². The van der Waals surface area contributed by atoms with E-state index in [2.05, 4.69) is 0 Å². The lowest BCUT2D eigenvalue weighted by Crippen LogP contribution is -2.30. The molecule has 1 saturated carbocycles. The van der Waals surface area contributed by atoms with Crippen molar-refractivity contribution in [2.45, 2.75) is 25.7 Å². The molecule has 1 saturated heterocycles. The zero-order valence-electron chi connectivity index (χ0n) is 14.0. The van der Waals surface area contributed by atoms with Crippen molar-refractivity contribution >= 4 is 40.7 Å². The molecule has 0 aromatic heterocycles. The first-order chi connectivity index (χ1) is 12.5. The lowest BCUT2D eigenvalue weighted by atomic mass is 9.81. The Labute approximate surface area is 161 Å². The molecule has 2 atom stereocenters. The molecule has 2 amide bonds. The van der Waals surface area contributed by atoms with Gasteiger partial charge in [0.15, 0.2) is 0 Å². The number of amides is 2. The average molecular weight is 390 g/mol. The van der Waals surface area contributed by atoms with E-state index in [4.69, 9.17) is 27.9 Å². The van der Waals surface area contributed by atoms with Gasteiger partial charge in [0.05, 0.1) is 22.5 Å². The highest BCUT2D eigenvalue weighted by atomic mass is 35.5. The Balaban J connectivity index is 1.54. The molecular weight excluding hydrogens is 373 g/mol. The molecule has 134 valence electrons. The molecule has 1 aliphatic heterocycles. The molecule has 0 radical (unpaired) electrons. The summed E-state index contributed by atoms with van der Waals surface area (Å²) in [4.78, 5) is 26.6. The molecular formula is C20H17Cl2NO3. The summed E-state index contributed by atoms with van der Waals surface area (Å²) >= 11 is 12.0. The number of halogens is 2. The Kier molecular flexibility index (Phi) is 4.63. The summed E-state index contributed by atoms with van der Waals surface area (Å²) in [5.74, 6) is 0.598. The number of ether oxygens (including phenoxy) is 1. The molecule has 1 aliphatic carbocycles. The van der Waals surface area contributed by atoms with Gasteiger partial charge in [0.25, 0.3) is 0 Å². The highest BCUT2D eigenvalue weighted by Gasteiger charge is 2.48. The number of imide groups is 1. The van der Waals surface area contributed by atoms with Crippen LogP contribution in [0, 0.1) is 11.8 Å². The third-order valence-electron chi connectivity index (χ3n) is 5.06. The second-order valence-electron chi connectivity index (χ2n) is 6.68. The molecule has 2 aromatic rings. The zero-order chi connectivity index (χ0) is 18.3. The predicted molar refractivity (Wildman–Crippen MR) is 101 cm³/mol. The van der Waals surface area contributed by atoms with Gasteiger partial charge in [-0.05, 0) is 55.3 Å². The van der Waals surface area contributed by atoms with Crippen LogP contribution in [-0.2, 0) is 9.59 Å². The number of carbonyl (C=O) groups excluding carboxylic acids is 2. The van der Waals surface area contributed by atoms with Gasteiger partial charge < -0.3 is 4.74 Å². The number of hydrogen-bond donors (Lipinski definition) is 0. The van der Waals surface area contributed by atoms with Crippen molar-refractivity contribution in [2.75, 3.05) is 4.90 Å². The van der Waals surface area contributed by atoms with Crippen LogP contribution in [0.4, 0.5) is 5.69 Å². The summed E-state index contributed by atoms with van der Waals surface area (Å²) in [6.45, 7) is 0. The molecule has 2 fully saturated rings. The Morgan fingerprint density at radius 2 is 1.50 bits per heavy atom. The number of anilines is 1. The van der Waals surface area contributed by atoms with E-state index in [0.29, 0.717) is 27.2 Å². The van der Waals surface area contributed by atoms with Crippen LogP contribution < -0.4 is 9.64 Å². The van der Waals surface area contributed by atoms with Crippen molar-refractivity contribution in [3.8, 4) is 11.5 Å². The molecule has 4 rings (SSSR count). The van der Waals surface area contributed by atoms with Gasteiger partial charge in [-0.3, -0.25) is 14.5 Å². The fourth-order valence-corrected chi connectivity index (χ4v) is 4.21. The number of nitrogens with zero attached hydrogens (tertiary/aromatic N) is 1. The lowest BCUT2D eigenvalue weighted by molar-refractivity contribution is -0.122. The van der Waals surface area contributed by atoms with Gasteiger partial charge in [0, 0.05) is 5.02 Å². The first kappa shape index (κ1) is 17.4. The van der Waals surface area contributed by atoms with E-state index in [0.717, 1.165) is 25.7 Å². The Morgan fingerprint density at radius 1 is 0.885 bits per heavy atom. The SMILES string of the molecule is O=C1C2CCCCC2C(=O)N1c1ccc(Oc2ccc(Cl)cc2Cl)cc1. The smallest absolute Gasteiger partial charge is 0.237 e. The minimum atomic E-state index is -0.153. The van der Waals surface area contributed by atoms with E-state index in [1.807, 2.05) is 0 Å². The Bertz CT molecular complexity index is 842. The molecule has 2 unspecified atom stereocenters. The maximum absolute atomic E-state index is 12.6. The van der Waals surface area contributed by atoms with Crippen LogP contribution in [0.3, 0.4) is 0 Å². The van der Waals surface area contributed by atoms with Crippen LogP contribution >= 0.6 is 23.2 Å². The lowest BCUT2D eigenvalue weighted by Gasteiger charge is -2.19. The average Bonchev–Trinajstić information content (AvgIpc) is 2.90. The van der Waals surface area contributed by atoms with E-state index in [1.54, 1.807) is 42.5 Å². The molecule has 0 spiro atoms. The maximum Gasteiger partial charge on any atom is 0.237 e. The summed E-state index contributed by atoms with van der Waals surface area (Å²) in [6.07, 6.45) is 3.65. The number of benzene rings is 2. The van der Waals surface area contributed by atoms with Crippen molar-refractivity contribution in [3.63, 3.8) is 0 Å². The summed E-state index contributed by atoms with van der Waals surface area (Å²) in [5.41, 5.74) is 0.587. The topological polar surface area (TPSA) is 46.6 Å².